The van der Waals surface area contributed by atoms with Crippen LogP contribution in [0.5, 0.6) is 0 Å². The number of anilines is 1. The fourth-order valence-electron chi connectivity index (χ4n) is 1.20. The second-order valence-corrected chi connectivity index (χ2v) is 6.71. The van der Waals surface area contributed by atoms with Crippen molar-refractivity contribution in [3.05, 3.63) is 32.5 Å². The van der Waals surface area contributed by atoms with E-state index in [9.17, 15) is 22.9 Å². The average Bonchev–Trinajstić information content (AvgIpc) is 2.20. The highest BCUT2D eigenvalue weighted by Crippen LogP contribution is 2.30. The van der Waals surface area contributed by atoms with Crippen LogP contribution in [0.1, 0.15) is 0 Å². The van der Waals surface area contributed by atoms with E-state index < -0.39 is 20.6 Å². The molecule has 0 aliphatic heterocycles. The van der Waals surface area contributed by atoms with Crippen molar-refractivity contribution in [2.45, 2.75) is 0 Å². The number of benzene rings is 1. The van der Waals surface area contributed by atoms with Gasteiger partial charge in [-0.2, -0.15) is 0 Å². The van der Waals surface area contributed by atoms with Crippen molar-refractivity contribution in [1.82, 2.24) is 0 Å². The van der Waals surface area contributed by atoms with Gasteiger partial charge in [0.1, 0.15) is 9.84 Å². The highest BCUT2D eigenvalue weighted by molar-refractivity contribution is 9.10. The standard InChI is InChI=1S/C9H10BrFN2O4S/c1-18(16,17)3-2-12-9-7(10)4-6(13(14)15)5-8(9)11/h4-5,12H,2-3H2,1H3. The van der Waals surface area contributed by atoms with Crippen LogP contribution in [-0.4, -0.2) is 31.9 Å². The number of nitrogens with one attached hydrogen (secondary N) is 1. The lowest BCUT2D eigenvalue weighted by Gasteiger charge is -2.09. The summed E-state index contributed by atoms with van der Waals surface area (Å²) in [6.45, 7) is 0.0200. The Morgan fingerprint density at radius 3 is 2.56 bits per heavy atom. The second kappa shape index (κ2) is 5.61. The summed E-state index contributed by atoms with van der Waals surface area (Å²) in [5, 5.41) is 13.1. The number of hydrogen-bond donors (Lipinski definition) is 1. The van der Waals surface area contributed by atoms with Gasteiger partial charge in [0, 0.05) is 18.9 Å². The molecule has 0 spiro atoms. The molecule has 0 saturated carbocycles. The molecule has 0 radical (unpaired) electrons. The van der Waals surface area contributed by atoms with Crippen molar-refractivity contribution in [2.24, 2.45) is 0 Å². The number of halogens is 2. The summed E-state index contributed by atoms with van der Waals surface area (Å²) in [5.74, 6) is -0.972. The summed E-state index contributed by atoms with van der Waals surface area (Å²) in [6, 6.07) is 1.92. The number of sulfone groups is 1. The molecule has 18 heavy (non-hydrogen) atoms. The van der Waals surface area contributed by atoms with Crippen LogP contribution in [0.4, 0.5) is 15.8 Å². The van der Waals surface area contributed by atoms with Crippen molar-refractivity contribution in [3.63, 3.8) is 0 Å². The maximum Gasteiger partial charge on any atom is 0.273 e. The monoisotopic (exact) mass is 340 g/mol. The zero-order chi connectivity index (χ0) is 13.9. The fraction of sp³-hybridized carbons (Fsp3) is 0.333. The molecule has 0 amide bonds. The quantitative estimate of drug-likeness (QED) is 0.653. The number of nitro groups is 1. The molecule has 0 fully saturated rings. The van der Waals surface area contributed by atoms with E-state index >= 15 is 0 Å². The van der Waals surface area contributed by atoms with Gasteiger partial charge in [0.15, 0.2) is 5.82 Å². The van der Waals surface area contributed by atoms with Crippen LogP contribution >= 0.6 is 15.9 Å². The molecular weight excluding hydrogens is 331 g/mol. The molecule has 1 aromatic rings. The van der Waals surface area contributed by atoms with Gasteiger partial charge in [-0.1, -0.05) is 0 Å². The number of nitrogens with zero attached hydrogens (tertiary/aromatic N) is 1. The molecule has 0 aliphatic carbocycles. The van der Waals surface area contributed by atoms with Crippen LogP contribution in [0.2, 0.25) is 0 Å². The van der Waals surface area contributed by atoms with Gasteiger partial charge in [0.05, 0.1) is 26.9 Å². The van der Waals surface area contributed by atoms with Gasteiger partial charge in [0.25, 0.3) is 5.69 Å². The summed E-state index contributed by atoms with van der Waals surface area (Å²) in [4.78, 5) is 9.77. The summed E-state index contributed by atoms with van der Waals surface area (Å²) >= 11 is 2.99. The maximum atomic E-state index is 13.5. The zero-order valence-electron chi connectivity index (χ0n) is 9.31. The summed E-state index contributed by atoms with van der Waals surface area (Å²) < 4.78 is 35.5. The van der Waals surface area contributed by atoms with Gasteiger partial charge in [-0.3, -0.25) is 10.1 Å². The van der Waals surface area contributed by atoms with E-state index in [0.717, 1.165) is 18.4 Å². The molecule has 9 heteroatoms. The minimum Gasteiger partial charge on any atom is -0.381 e. The minimum absolute atomic E-state index is 0.00394. The van der Waals surface area contributed by atoms with Crippen molar-refractivity contribution in [3.8, 4) is 0 Å². The van der Waals surface area contributed by atoms with E-state index in [-0.39, 0.29) is 28.1 Å². The smallest absolute Gasteiger partial charge is 0.273 e. The molecule has 6 nitrogen and oxygen atoms in total. The largest absolute Gasteiger partial charge is 0.381 e. The molecule has 0 atom stereocenters. The van der Waals surface area contributed by atoms with Gasteiger partial charge in [-0.15, -0.1) is 0 Å². The summed E-state index contributed by atoms with van der Waals surface area (Å²) in [7, 11) is -3.15. The molecule has 100 valence electrons. The third-order valence-electron chi connectivity index (χ3n) is 2.01. The third-order valence-corrected chi connectivity index (χ3v) is 3.58. The van der Waals surface area contributed by atoms with Gasteiger partial charge in [-0.05, 0) is 15.9 Å². The van der Waals surface area contributed by atoms with Gasteiger partial charge in [0.2, 0.25) is 0 Å². The molecule has 0 aliphatic rings. The highest BCUT2D eigenvalue weighted by Gasteiger charge is 2.15. The Morgan fingerprint density at radius 2 is 2.11 bits per heavy atom. The van der Waals surface area contributed by atoms with Crippen LogP contribution in [0.3, 0.4) is 0 Å². The van der Waals surface area contributed by atoms with E-state index in [1.54, 1.807) is 0 Å². The number of rotatable bonds is 5. The van der Waals surface area contributed by atoms with Gasteiger partial charge in [-0.25, -0.2) is 12.8 Å². The predicted octanol–water partition coefficient (Wildman–Crippen LogP) is 1.95. The predicted molar refractivity (Wildman–Crippen MR) is 69.0 cm³/mol. The van der Waals surface area contributed by atoms with Gasteiger partial charge >= 0.3 is 0 Å². The number of non-ortho nitro benzene ring substituents is 1. The molecule has 0 heterocycles. The highest BCUT2D eigenvalue weighted by atomic mass is 79.9. The van der Waals surface area contributed by atoms with Gasteiger partial charge < -0.3 is 5.32 Å². The average molecular weight is 341 g/mol. The lowest BCUT2D eigenvalue weighted by molar-refractivity contribution is -0.385. The van der Waals surface area contributed by atoms with E-state index in [4.69, 9.17) is 0 Å². The van der Waals surface area contributed by atoms with Crippen molar-refractivity contribution >= 4 is 37.1 Å². The Balaban J connectivity index is 2.87. The first-order valence-electron chi connectivity index (χ1n) is 4.76. The Labute approximate surface area is 111 Å². The molecule has 1 rings (SSSR count). The Kier molecular flexibility index (Phi) is 4.63. The van der Waals surface area contributed by atoms with Crippen LogP contribution in [0.15, 0.2) is 16.6 Å². The topological polar surface area (TPSA) is 89.3 Å². The maximum absolute atomic E-state index is 13.5. The lowest BCUT2D eigenvalue weighted by atomic mass is 10.2. The first-order valence-corrected chi connectivity index (χ1v) is 7.61. The first kappa shape index (κ1) is 14.8. The first-order chi connectivity index (χ1) is 8.20. The Hall–Kier alpha value is -1.22. The van der Waals surface area contributed by atoms with E-state index in [0.29, 0.717) is 0 Å². The van der Waals surface area contributed by atoms with Crippen molar-refractivity contribution in [1.29, 1.82) is 0 Å². The number of nitro benzene ring substituents is 1. The molecule has 1 aromatic carbocycles. The second-order valence-electron chi connectivity index (χ2n) is 3.60. The number of hydrogen-bond acceptors (Lipinski definition) is 5. The van der Waals surface area contributed by atoms with Crippen LogP contribution in [-0.2, 0) is 9.84 Å². The Morgan fingerprint density at radius 1 is 1.50 bits per heavy atom. The fourth-order valence-corrected chi connectivity index (χ4v) is 2.23. The molecule has 0 unspecified atom stereocenters. The summed E-state index contributed by atoms with van der Waals surface area (Å²) in [5.41, 5.74) is -0.378. The minimum atomic E-state index is -3.15. The summed E-state index contributed by atoms with van der Waals surface area (Å²) in [6.07, 6.45) is 1.07. The Bertz CT molecular complexity index is 553. The van der Waals surface area contributed by atoms with E-state index in [2.05, 4.69) is 21.2 Å². The SMILES string of the molecule is CS(=O)(=O)CCNc1c(F)cc([N+](=O)[O-])cc1Br. The van der Waals surface area contributed by atoms with E-state index in [1.165, 1.54) is 0 Å². The van der Waals surface area contributed by atoms with E-state index in [1.807, 2.05) is 0 Å². The van der Waals surface area contributed by atoms with Crippen LogP contribution < -0.4 is 5.32 Å². The molecular formula is C9H10BrFN2O4S. The van der Waals surface area contributed by atoms with Crippen LogP contribution in [0.25, 0.3) is 0 Å². The zero-order valence-corrected chi connectivity index (χ0v) is 11.7. The van der Waals surface area contributed by atoms with Crippen molar-refractivity contribution < 1.29 is 17.7 Å². The molecule has 1 N–H and O–H groups in total. The molecule has 0 bridgehead atoms. The van der Waals surface area contributed by atoms with Crippen LogP contribution in [0, 0.1) is 15.9 Å². The molecule has 0 saturated heterocycles. The molecule has 0 aromatic heterocycles. The normalized spacial score (nSPS) is 11.3. The lowest BCUT2D eigenvalue weighted by Crippen LogP contribution is -2.15. The third kappa shape index (κ3) is 4.22. The van der Waals surface area contributed by atoms with Crippen molar-refractivity contribution in [2.75, 3.05) is 23.9 Å².